The molecule has 0 saturated carbocycles. The van der Waals surface area contributed by atoms with Gasteiger partial charge in [-0.1, -0.05) is 54.6 Å². The van der Waals surface area contributed by atoms with E-state index in [2.05, 4.69) is 56.4 Å². The summed E-state index contributed by atoms with van der Waals surface area (Å²) < 4.78 is 5.54. The molecule has 0 bridgehead atoms. The normalized spacial score (nSPS) is 13.9. The zero-order chi connectivity index (χ0) is 20.0. The number of phenols is 1. The summed E-state index contributed by atoms with van der Waals surface area (Å²) in [6.45, 7) is 7.09. The zero-order valence-electron chi connectivity index (χ0n) is 16.6. The van der Waals surface area contributed by atoms with Crippen molar-refractivity contribution < 1.29 is 9.84 Å². The highest BCUT2D eigenvalue weighted by molar-refractivity contribution is 5.79. The molecule has 4 rings (SSSR count). The van der Waals surface area contributed by atoms with Gasteiger partial charge >= 0.3 is 0 Å². The highest BCUT2D eigenvalue weighted by atomic mass is 16.5. The number of hydrogen-bond donors (Lipinski definition) is 2. The predicted octanol–water partition coefficient (Wildman–Crippen LogP) is 6.27. The van der Waals surface area contributed by atoms with Crippen LogP contribution in [0.4, 0.5) is 5.69 Å². The summed E-state index contributed by atoms with van der Waals surface area (Å²) in [6, 6.07) is 25.1. The van der Waals surface area contributed by atoms with E-state index in [1.807, 2.05) is 30.3 Å². The van der Waals surface area contributed by atoms with Gasteiger partial charge in [-0.3, -0.25) is 0 Å². The van der Waals surface area contributed by atoms with Crippen LogP contribution in [0, 0.1) is 0 Å². The Morgan fingerprint density at radius 2 is 1.50 bits per heavy atom. The first kappa shape index (κ1) is 19.6. The van der Waals surface area contributed by atoms with E-state index in [0.717, 1.165) is 11.3 Å². The maximum Gasteiger partial charge on any atom is 0.120 e. The maximum absolute atomic E-state index is 9.09. The lowest BCUT2D eigenvalue weighted by atomic mass is 9.91. The van der Waals surface area contributed by atoms with Crippen LogP contribution in [0.5, 0.6) is 11.5 Å². The fourth-order valence-electron chi connectivity index (χ4n) is 3.22. The quantitative estimate of drug-likeness (QED) is 0.569. The van der Waals surface area contributed by atoms with E-state index in [0.29, 0.717) is 6.61 Å². The minimum atomic E-state index is 0.0818. The number of rotatable bonds is 3. The molecule has 144 valence electrons. The van der Waals surface area contributed by atoms with Crippen molar-refractivity contribution >= 4 is 11.3 Å². The first-order valence-corrected chi connectivity index (χ1v) is 9.46. The van der Waals surface area contributed by atoms with Crippen LogP contribution >= 0.6 is 0 Å². The van der Waals surface area contributed by atoms with E-state index in [1.54, 1.807) is 24.3 Å². The third-order valence-corrected chi connectivity index (χ3v) is 4.47. The summed E-state index contributed by atoms with van der Waals surface area (Å²) in [5.74, 6) is 1.01. The van der Waals surface area contributed by atoms with Crippen LogP contribution in [0.15, 0.2) is 84.9 Å². The Morgan fingerprint density at radius 3 is 2.21 bits per heavy atom. The Hall–Kier alpha value is -3.20. The van der Waals surface area contributed by atoms with Gasteiger partial charge in [0.2, 0.25) is 0 Å². The fraction of sp³-hybridized carbons (Fsp3) is 0.200. The Labute approximate surface area is 167 Å². The standard InChI is InChI=1S/C13H12O2.C12H15N/c14-12-6-8-13(9-7-12)15-10-11-4-2-1-3-5-11;1-9-8-12(2,3)13-11-7-5-4-6-10(9)11/h1-9,14H,10H2;4-8,13H,1-3H3. The van der Waals surface area contributed by atoms with Crippen LogP contribution in [0.1, 0.15) is 31.9 Å². The largest absolute Gasteiger partial charge is 0.508 e. The minimum absolute atomic E-state index is 0.0818. The van der Waals surface area contributed by atoms with Crippen LogP contribution in [-0.2, 0) is 6.61 Å². The van der Waals surface area contributed by atoms with Gasteiger partial charge < -0.3 is 15.2 Å². The van der Waals surface area contributed by atoms with Gasteiger partial charge in [0.05, 0.1) is 5.54 Å². The second-order valence-electron chi connectivity index (χ2n) is 7.49. The molecule has 1 aliphatic heterocycles. The number of allylic oxidation sites excluding steroid dienone is 1. The number of para-hydroxylation sites is 1. The molecular formula is C25H27NO2. The molecule has 0 aliphatic carbocycles. The third-order valence-electron chi connectivity index (χ3n) is 4.47. The second kappa shape index (κ2) is 8.66. The van der Waals surface area contributed by atoms with E-state index in [1.165, 1.54) is 16.8 Å². The Balaban J connectivity index is 0.000000162. The molecule has 2 N–H and O–H groups in total. The highest BCUT2D eigenvalue weighted by Gasteiger charge is 2.21. The monoisotopic (exact) mass is 373 g/mol. The van der Waals surface area contributed by atoms with Crippen molar-refractivity contribution in [1.29, 1.82) is 0 Å². The lowest BCUT2D eigenvalue weighted by Crippen LogP contribution is -2.31. The number of anilines is 1. The van der Waals surface area contributed by atoms with Gasteiger partial charge in [0.1, 0.15) is 18.1 Å². The third kappa shape index (κ3) is 5.40. The maximum atomic E-state index is 9.09. The van der Waals surface area contributed by atoms with Crippen molar-refractivity contribution in [3.63, 3.8) is 0 Å². The number of benzene rings is 3. The molecular weight excluding hydrogens is 346 g/mol. The number of hydrogen-bond acceptors (Lipinski definition) is 3. The predicted molar refractivity (Wildman–Crippen MR) is 117 cm³/mol. The van der Waals surface area contributed by atoms with Crippen molar-refractivity contribution in [1.82, 2.24) is 0 Å². The van der Waals surface area contributed by atoms with Gasteiger partial charge in [0.15, 0.2) is 0 Å². The van der Waals surface area contributed by atoms with Crippen LogP contribution in [0.2, 0.25) is 0 Å². The smallest absolute Gasteiger partial charge is 0.120 e. The molecule has 3 nitrogen and oxygen atoms in total. The second-order valence-corrected chi connectivity index (χ2v) is 7.49. The first-order valence-electron chi connectivity index (χ1n) is 9.46. The summed E-state index contributed by atoms with van der Waals surface area (Å²) in [5.41, 5.74) is 5.14. The van der Waals surface area contributed by atoms with Crippen molar-refractivity contribution in [2.75, 3.05) is 5.32 Å². The topological polar surface area (TPSA) is 41.5 Å². The lowest BCUT2D eigenvalue weighted by Gasteiger charge is -2.31. The molecule has 3 aromatic rings. The van der Waals surface area contributed by atoms with Crippen LogP contribution in [-0.4, -0.2) is 10.6 Å². The molecule has 28 heavy (non-hydrogen) atoms. The molecule has 0 radical (unpaired) electrons. The highest BCUT2D eigenvalue weighted by Crippen LogP contribution is 2.32. The molecule has 0 unspecified atom stereocenters. The van der Waals surface area contributed by atoms with Gasteiger partial charge in [-0.15, -0.1) is 0 Å². The van der Waals surface area contributed by atoms with Crippen molar-refractivity contribution in [3.05, 3.63) is 96.1 Å². The number of aromatic hydroxyl groups is 1. The Kier molecular flexibility index (Phi) is 6.05. The SMILES string of the molecule is CC1=CC(C)(C)Nc2ccccc21.Oc1ccc(OCc2ccccc2)cc1. The average molecular weight is 373 g/mol. The number of nitrogens with one attached hydrogen (secondary N) is 1. The zero-order valence-corrected chi connectivity index (χ0v) is 16.6. The Morgan fingerprint density at radius 1 is 0.857 bits per heavy atom. The molecule has 1 aliphatic rings. The van der Waals surface area contributed by atoms with E-state index in [9.17, 15) is 0 Å². The molecule has 0 amide bonds. The van der Waals surface area contributed by atoms with Crippen LogP contribution in [0.3, 0.4) is 0 Å². The molecule has 0 saturated heterocycles. The molecule has 0 spiro atoms. The van der Waals surface area contributed by atoms with E-state index in [4.69, 9.17) is 9.84 Å². The van der Waals surface area contributed by atoms with Crippen molar-refractivity contribution in [3.8, 4) is 11.5 Å². The number of phenolic OH excluding ortho intramolecular Hbond substituents is 1. The van der Waals surface area contributed by atoms with Gasteiger partial charge in [0, 0.05) is 11.3 Å². The van der Waals surface area contributed by atoms with E-state index < -0.39 is 0 Å². The van der Waals surface area contributed by atoms with Crippen molar-refractivity contribution in [2.24, 2.45) is 0 Å². The van der Waals surface area contributed by atoms with Crippen LogP contribution < -0.4 is 10.1 Å². The number of fused-ring (bicyclic) bond motifs is 1. The van der Waals surface area contributed by atoms with E-state index >= 15 is 0 Å². The summed E-state index contributed by atoms with van der Waals surface area (Å²) in [5, 5.41) is 12.6. The van der Waals surface area contributed by atoms with Gasteiger partial charge in [-0.05, 0) is 62.2 Å². The Bertz CT molecular complexity index is 928. The van der Waals surface area contributed by atoms with Crippen molar-refractivity contribution in [2.45, 2.75) is 32.9 Å². The molecule has 3 aromatic carbocycles. The first-order chi connectivity index (χ1) is 13.4. The summed E-state index contributed by atoms with van der Waals surface area (Å²) in [7, 11) is 0. The molecule has 0 aromatic heterocycles. The fourth-order valence-corrected chi connectivity index (χ4v) is 3.22. The van der Waals surface area contributed by atoms with Gasteiger partial charge in [0.25, 0.3) is 0 Å². The summed E-state index contributed by atoms with van der Waals surface area (Å²) >= 11 is 0. The van der Waals surface area contributed by atoms with Gasteiger partial charge in [-0.25, -0.2) is 0 Å². The lowest BCUT2D eigenvalue weighted by molar-refractivity contribution is 0.305. The minimum Gasteiger partial charge on any atom is -0.508 e. The summed E-state index contributed by atoms with van der Waals surface area (Å²) in [6.07, 6.45) is 2.27. The molecule has 0 fully saturated rings. The molecule has 3 heteroatoms. The summed E-state index contributed by atoms with van der Waals surface area (Å²) in [4.78, 5) is 0. The van der Waals surface area contributed by atoms with Crippen LogP contribution in [0.25, 0.3) is 5.57 Å². The van der Waals surface area contributed by atoms with Gasteiger partial charge in [-0.2, -0.15) is 0 Å². The average Bonchev–Trinajstić information content (AvgIpc) is 2.68. The van der Waals surface area contributed by atoms with E-state index in [-0.39, 0.29) is 11.3 Å². The number of ether oxygens (including phenoxy) is 1. The molecule has 0 atom stereocenters. The molecule has 1 heterocycles.